The second kappa shape index (κ2) is 6.66. The zero-order valence-electron chi connectivity index (χ0n) is 9.81. The van der Waals surface area contributed by atoms with Crippen molar-refractivity contribution >= 4 is 5.97 Å². The highest BCUT2D eigenvalue weighted by molar-refractivity contribution is 5.85. The van der Waals surface area contributed by atoms with Crippen LogP contribution in [0.15, 0.2) is 18.2 Å². The average Bonchev–Trinajstić information content (AvgIpc) is 2.34. The third-order valence-corrected chi connectivity index (χ3v) is 2.45. The molecule has 2 N–H and O–H groups in total. The van der Waals surface area contributed by atoms with Gasteiger partial charge in [-0.25, -0.2) is 9.78 Å². The highest BCUT2D eigenvalue weighted by Crippen LogP contribution is 2.02. The van der Waals surface area contributed by atoms with Crippen molar-refractivity contribution in [2.75, 3.05) is 0 Å². The lowest BCUT2D eigenvalue weighted by Crippen LogP contribution is -2.28. The monoisotopic (exact) mass is 232 g/mol. The molecular formula is C13H16N2O2. The summed E-state index contributed by atoms with van der Waals surface area (Å²) in [6.45, 7) is 2.58. The van der Waals surface area contributed by atoms with E-state index in [9.17, 15) is 4.79 Å². The van der Waals surface area contributed by atoms with Gasteiger partial charge in [-0.3, -0.25) is 0 Å². The van der Waals surface area contributed by atoms with Crippen molar-refractivity contribution in [2.24, 2.45) is 0 Å². The van der Waals surface area contributed by atoms with Gasteiger partial charge in [-0.2, -0.15) is 0 Å². The summed E-state index contributed by atoms with van der Waals surface area (Å²) in [5.41, 5.74) is 0.773. The van der Waals surface area contributed by atoms with Crippen molar-refractivity contribution in [3.05, 3.63) is 29.6 Å². The predicted molar refractivity (Wildman–Crippen MR) is 65.6 cm³/mol. The van der Waals surface area contributed by atoms with Crippen LogP contribution in [-0.4, -0.2) is 22.1 Å². The van der Waals surface area contributed by atoms with Crippen molar-refractivity contribution in [1.29, 1.82) is 0 Å². The van der Waals surface area contributed by atoms with E-state index in [-0.39, 0.29) is 11.7 Å². The zero-order valence-corrected chi connectivity index (χ0v) is 9.81. The summed E-state index contributed by atoms with van der Waals surface area (Å²) in [6, 6.07) is 5.21. The quantitative estimate of drug-likeness (QED) is 0.732. The van der Waals surface area contributed by atoms with Gasteiger partial charge in [0, 0.05) is 19.0 Å². The molecule has 0 aliphatic carbocycles. The van der Waals surface area contributed by atoms with Crippen LogP contribution in [0.2, 0.25) is 0 Å². The molecule has 90 valence electrons. The Hall–Kier alpha value is -1.86. The third-order valence-electron chi connectivity index (χ3n) is 2.45. The molecule has 0 bridgehead atoms. The van der Waals surface area contributed by atoms with E-state index in [1.807, 2.05) is 0 Å². The van der Waals surface area contributed by atoms with Crippen LogP contribution in [0.1, 0.15) is 35.9 Å². The average molecular weight is 232 g/mol. The van der Waals surface area contributed by atoms with Gasteiger partial charge in [0.2, 0.25) is 0 Å². The van der Waals surface area contributed by atoms with Crippen LogP contribution in [0, 0.1) is 12.3 Å². The van der Waals surface area contributed by atoms with Crippen molar-refractivity contribution in [1.82, 2.24) is 10.3 Å². The lowest BCUT2D eigenvalue weighted by molar-refractivity contribution is 0.0690. The summed E-state index contributed by atoms with van der Waals surface area (Å²) in [5.74, 6) is 1.60. The highest BCUT2D eigenvalue weighted by atomic mass is 16.4. The van der Waals surface area contributed by atoms with Crippen LogP contribution in [0.4, 0.5) is 0 Å². The minimum absolute atomic E-state index is 0.0642. The smallest absolute Gasteiger partial charge is 0.354 e. The molecule has 0 saturated carbocycles. The minimum atomic E-state index is -1.01. The van der Waals surface area contributed by atoms with E-state index in [2.05, 4.69) is 23.1 Å². The van der Waals surface area contributed by atoms with Gasteiger partial charge in [0.15, 0.2) is 0 Å². The van der Waals surface area contributed by atoms with Crippen LogP contribution in [-0.2, 0) is 6.54 Å². The number of carbonyl (C=O) groups is 1. The molecule has 1 unspecified atom stereocenters. The number of hydrogen-bond acceptors (Lipinski definition) is 3. The Morgan fingerprint density at radius 1 is 1.65 bits per heavy atom. The van der Waals surface area contributed by atoms with Crippen LogP contribution >= 0.6 is 0 Å². The fourth-order valence-electron chi connectivity index (χ4n) is 1.45. The molecule has 0 radical (unpaired) electrons. The second-order valence-electron chi connectivity index (χ2n) is 3.71. The summed E-state index contributed by atoms with van der Waals surface area (Å²) < 4.78 is 0. The van der Waals surface area contributed by atoms with Crippen molar-refractivity contribution in [3.8, 4) is 12.3 Å². The number of aromatic nitrogens is 1. The number of nitrogens with one attached hydrogen (secondary N) is 1. The van der Waals surface area contributed by atoms with Crippen molar-refractivity contribution < 1.29 is 9.90 Å². The topological polar surface area (TPSA) is 62.2 Å². The molecule has 4 heteroatoms. The fourth-order valence-corrected chi connectivity index (χ4v) is 1.45. The van der Waals surface area contributed by atoms with Crippen molar-refractivity contribution in [3.63, 3.8) is 0 Å². The Bertz CT molecular complexity index is 424. The van der Waals surface area contributed by atoms with E-state index in [1.165, 1.54) is 6.07 Å². The number of hydrogen-bond donors (Lipinski definition) is 2. The molecule has 0 aliphatic rings. The van der Waals surface area contributed by atoms with Crippen LogP contribution in [0.5, 0.6) is 0 Å². The molecule has 0 aromatic carbocycles. The lowest BCUT2D eigenvalue weighted by atomic mass is 10.1. The molecule has 0 fully saturated rings. The Kier molecular flexibility index (Phi) is 5.18. The van der Waals surface area contributed by atoms with E-state index in [0.29, 0.717) is 18.7 Å². The van der Waals surface area contributed by atoms with E-state index in [1.54, 1.807) is 12.1 Å². The first-order valence-corrected chi connectivity index (χ1v) is 5.53. The molecule has 1 heterocycles. The maximum atomic E-state index is 10.7. The first-order valence-electron chi connectivity index (χ1n) is 5.53. The van der Waals surface area contributed by atoms with Gasteiger partial charge >= 0.3 is 5.97 Å². The summed E-state index contributed by atoms with van der Waals surface area (Å²) in [4.78, 5) is 14.8. The number of carboxylic acid groups (broad SMARTS) is 1. The first kappa shape index (κ1) is 13.2. The third kappa shape index (κ3) is 4.25. The SMILES string of the molecule is C#CCC(CC)NCc1cccc(C(=O)O)n1. The molecule has 0 saturated heterocycles. The summed E-state index contributed by atoms with van der Waals surface area (Å²) in [5, 5.41) is 12.1. The highest BCUT2D eigenvalue weighted by Gasteiger charge is 2.07. The molecule has 1 aromatic heterocycles. The predicted octanol–water partition coefficient (Wildman–Crippen LogP) is 1.67. The van der Waals surface area contributed by atoms with E-state index >= 15 is 0 Å². The number of nitrogens with zero attached hydrogens (tertiary/aromatic N) is 1. The Labute approximate surface area is 101 Å². The molecule has 0 spiro atoms. The first-order chi connectivity index (χ1) is 8.17. The summed E-state index contributed by atoms with van der Waals surface area (Å²) >= 11 is 0. The Morgan fingerprint density at radius 3 is 3.00 bits per heavy atom. The maximum Gasteiger partial charge on any atom is 0.354 e. The number of aromatic carboxylic acids is 1. The van der Waals surface area contributed by atoms with Crippen molar-refractivity contribution in [2.45, 2.75) is 32.4 Å². The van der Waals surface area contributed by atoms with Gasteiger partial charge in [0.05, 0.1) is 5.69 Å². The van der Waals surface area contributed by atoms with Gasteiger partial charge in [-0.05, 0) is 18.6 Å². The number of pyridine rings is 1. The number of rotatable bonds is 6. The van der Waals surface area contributed by atoms with Gasteiger partial charge in [0.1, 0.15) is 5.69 Å². The van der Waals surface area contributed by atoms with E-state index in [0.717, 1.165) is 6.42 Å². The van der Waals surface area contributed by atoms with Crippen LogP contribution in [0.25, 0.3) is 0 Å². The molecule has 0 aliphatic heterocycles. The molecule has 1 aromatic rings. The molecule has 0 amide bonds. The summed E-state index contributed by atoms with van der Waals surface area (Å²) in [6.07, 6.45) is 6.85. The lowest BCUT2D eigenvalue weighted by Gasteiger charge is -2.13. The Balaban J connectivity index is 2.60. The molecule has 17 heavy (non-hydrogen) atoms. The number of carboxylic acids is 1. The normalized spacial score (nSPS) is 11.8. The van der Waals surface area contributed by atoms with E-state index < -0.39 is 5.97 Å². The summed E-state index contributed by atoms with van der Waals surface area (Å²) in [7, 11) is 0. The number of terminal acetylenes is 1. The van der Waals surface area contributed by atoms with Gasteiger partial charge < -0.3 is 10.4 Å². The standard InChI is InChI=1S/C13H16N2O2/c1-3-6-10(4-2)14-9-11-7-5-8-12(15-11)13(16)17/h1,5,7-8,10,14H,4,6,9H2,2H3,(H,16,17). The minimum Gasteiger partial charge on any atom is -0.477 e. The Morgan fingerprint density at radius 2 is 2.41 bits per heavy atom. The van der Waals surface area contributed by atoms with Gasteiger partial charge in [0.25, 0.3) is 0 Å². The molecule has 1 rings (SSSR count). The van der Waals surface area contributed by atoms with Gasteiger partial charge in [-0.15, -0.1) is 12.3 Å². The zero-order chi connectivity index (χ0) is 12.7. The van der Waals surface area contributed by atoms with E-state index in [4.69, 9.17) is 11.5 Å². The second-order valence-corrected chi connectivity index (χ2v) is 3.71. The maximum absolute atomic E-state index is 10.7. The molecule has 4 nitrogen and oxygen atoms in total. The van der Waals surface area contributed by atoms with Crippen LogP contribution < -0.4 is 5.32 Å². The molecular weight excluding hydrogens is 216 g/mol. The van der Waals surface area contributed by atoms with Crippen LogP contribution in [0.3, 0.4) is 0 Å². The molecule has 1 atom stereocenters. The largest absolute Gasteiger partial charge is 0.477 e. The van der Waals surface area contributed by atoms with Gasteiger partial charge in [-0.1, -0.05) is 13.0 Å². The fraction of sp³-hybridized carbons (Fsp3) is 0.385.